The highest BCUT2D eigenvalue weighted by Gasteiger charge is 2.19. The van der Waals surface area contributed by atoms with Gasteiger partial charge in [-0.15, -0.1) is 22.7 Å². The summed E-state index contributed by atoms with van der Waals surface area (Å²) in [5, 5.41) is 15.8. The summed E-state index contributed by atoms with van der Waals surface area (Å²) in [6.45, 7) is 0. The van der Waals surface area contributed by atoms with Crippen molar-refractivity contribution in [2.24, 2.45) is 0 Å². The van der Waals surface area contributed by atoms with E-state index in [1.807, 2.05) is 22.7 Å². The molecule has 0 unspecified atom stereocenters. The third kappa shape index (κ3) is 3.70. The molecule has 0 fully saturated rings. The van der Waals surface area contributed by atoms with Gasteiger partial charge in [-0.2, -0.15) is 0 Å². The van der Waals surface area contributed by atoms with E-state index >= 15 is 0 Å². The molecule has 0 N–H and O–H groups in total. The van der Waals surface area contributed by atoms with Gasteiger partial charge in [0, 0.05) is 45.7 Å². The van der Waals surface area contributed by atoms with Crippen molar-refractivity contribution >= 4 is 106 Å². The van der Waals surface area contributed by atoms with E-state index in [0.29, 0.717) is 0 Å². The maximum Gasteiger partial charge on any atom is 0.0434 e. The first-order chi connectivity index (χ1) is 23.8. The molecule has 0 bridgehead atoms. The Bertz CT molecular complexity index is 3060. The molecular weight excluding hydrogens is 617 g/mol. The zero-order valence-electron chi connectivity index (χ0n) is 25.8. The predicted molar refractivity (Wildman–Crippen MR) is 213 cm³/mol. The highest BCUT2D eigenvalue weighted by Crippen LogP contribution is 2.47. The van der Waals surface area contributed by atoms with Crippen LogP contribution >= 0.6 is 22.7 Å². The normalized spacial score (nSPS) is 12.2. The average Bonchev–Trinajstić information content (AvgIpc) is 3.72. The molecule has 0 saturated carbocycles. The van der Waals surface area contributed by atoms with Gasteiger partial charge in [-0.1, -0.05) is 127 Å². The summed E-state index contributed by atoms with van der Waals surface area (Å²) in [6, 6.07) is 58.8. The summed E-state index contributed by atoms with van der Waals surface area (Å²) in [5.74, 6) is 0. The minimum Gasteiger partial charge on any atom is -0.135 e. The second-order valence-electron chi connectivity index (χ2n) is 12.8. The fraction of sp³-hybridized carbons (Fsp3) is 0. The van der Waals surface area contributed by atoms with Crippen molar-refractivity contribution in [3.8, 4) is 22.3 Å². The minimum atomic E-state index is 1.26. The van der Waals surface area contributed by atoms with Crippen LogP contribution in [0, 0.1) is 0 Å². The molecule has 11 rings (SSSR count). The quantitative estimate of drug-likeness (QED) is 0.165. The molecule has 2 heterocycles. The van der Waals surface area contributed by atoms with Crippen molar-refractivity contribution in [1.82, 2.24) is 0 Å². The summed E-state index contributed by atoms with van der Waals surface area (Å²) in [7, 11) is 0. The van der Waals surface area contributed by atoms with E-state index < -0.39 is 0 Å². The van der Waals surface area contributed by atoms with Crippen LogP contribution < -0.4 is 0 Å². The van der Waals surface area contributed by atoms with Crippen molar-refractivity contribution in [2.45, 2.75) is 0 Å². The fourth-order valence-electron chi connectivity index (χ4n) is 8.11. The molecule has 2 heteroatoms. The van der Waals surface area contributed by atoms with Gasteiger partial charge in [-0.3, -0.25) is 0 Å². The van der Waals surface area contributed by atoms with Gasteiger partial charge in [-0.05, 0) is 90.3 Å². The zero-order chi connectivity index (χ0) is 31.3. The van der Waals surface area contributed by atoms with Crippen molar-refractivity contribution < 1.29 is 0 Å². The smallest absolute Gasteiger partial charge is 0.0434 e. The molecule has 0 nitrogen and oxygen atoms in total. The number of hydrogen-bond acceptors (Lipinski definition) is 2. The van der Waals surface area contributed by atoms with Crippen LogP contribution in [0.4, 0.5) is 0 Å². The molecule has 0 aliphatic carbocycles. The van der Waals surface area contributed by atoms with E-state index in [4.69, 9.17) is 0 Å². The Hall–Kier alpha value is -5.54. The number of thiophene rings is 2. The van der Waals surface area contributed by atoms with Crippen LogP contribution in [-0.2, 0) is 0 Å². The highest BCUT2D eigenvalue weighted by atomic mass is 32.1. The molecule has 11 aromatic rings. The first kappa shape index (κ1) is 26.5. The van der Waals surface area contributed by atoms with Crippen LogP contribution in [0.25, 0.3) is 106 Å². The van der Waals surface area contributed by atoms with Gasteiger partial charge in [0.2, 0.25) is 0 Å². The van der Waals surface area contributed by atoms with Crippen LogP contribution in [0.1, 0.15) is 0 Å². The van der Waals surface area contributed by atoms with Crippen LogP contribution in [-0.4, -0.2) is 0 Å². The average molecular weight is 643 g/mol. The summed E-state index contributed by atoms with van der Waals surface area (Å²) in [5.41, 5.74) is 5.13. The maximum absolute atomic E-state index is 2.45. The molecule has 0 saturated heterocycles. The van der Waals surface area contributed by atoms with E-state index in [1.54, 1.807) is 0 Å². The van der Waals surface area contributed by atoms with E-state index in [0.717, 1.165) is 0 Å². The third-order valence-corrected chi connectivity index (χ3v) is 12.6. The summed E-state index contributed by atoms with van der Waals surface area (Å²) >= 11 is 3.81. The van der Waals surface area contributed by atoms with Crippen LogP contribution in [0.5, 0.6) is 0 Å². The van der Waals surface area contributed by atoms with Crippen LogP contribution in [0.3, 0.4) is 0 Å². The summed E-state index contributed by atoms with van der Waals surface area (Å²) < 4.78 is 5.42. The Balaban J connectivity index is 1.18. The lowest BCUT2D eigenvalue weighted by atomic mass is 9.85. The third-order valence-electron chi connectivity index (χ3n) is 10.2. The predicted octanol–water partition coefficient (Wildman–Crippen LogP) is 14.4. The van der Waals surface area contributed by atoms with Crippen molar-refractivity contribution in [2.75, 3.05) is 0 Å². The summed E-state index contributed by atoms with van der Waals surface area (Å²) in [4.78, 5) is 0. The molecule has 0 radical (unpaired) electrons. The van der Waals surface area contributed by atoms with Crippen LogP contribution in [0.2, 0.25) is 0 Å². The molecule has 2 aromatic heterocycles. The Morgan fingerprint density at radius 2 is 0.812 bits per heavy atom. The number of benzene rings is 9. The molecule has 48 heavy (non-hydrogen) atoms. The molecule has 222 valence electrons. The van der Waals surface area contributed by atoms with Gasteiger partial charge in [0.25, 0.3) is 0 Å². The summed E-state index contributed by atoms with van der Waals surface area (Å²) in [6.07, 6.45) is 0. The minimum absolute atomic E-state index is 1.26. The fourth-order valence-corrected chi connectivity index (χ4v) is 10.4. The maximum atomic E-state index is 2.45. The molecule has 0 aliphatic rings. The largest absolute Gasteiger partial charge is 0.135 e. The van der Waals surface area contributed by atoms with Crippen LogP contribution in [0.15, 0.2) is 158 Å². The monoisotopic (exact) mass is 642 g/mol. The Morgan fingerprint density at radius 1 is 0.292 bits per heavy atom. The molecule has 0 aliphatic heterocycles. The zero-order valence-corrected chi connectivity index (χ0v) is 27.5. The Morgan fingerprint density at radius 3 is 1.56 bits per heavy atom. The molecular formula is C46H26S2. The Labute approximate surface area is 284 Å². The van der Waals surface area contributed by atoms with Crippen molar-refractivity contribution in [3.63, 3.8) is 0 Å². The second-order valence-corrected chi connectivity index (χ2v) is 14.9. The molecule has 0 spiro atoms. The van der Waals surface area contributed by atoms with Crippen molar-refractivity contribution in [1.29, 1.82) is 0 Å². The van der Waals surface area contributed by atoms with Gasteiger partial charge in [0.1, 0.15) is 0 Å². The highest BCUT2D eigenvalue weighted by molar-refractivity contribution is 7.27. The van der Waals surface area contributed by atoms with Gasteiger partial charge >= 0.3 is 0 Å². The molecule has 9 aromatic carbocycles. The number of rotatable bonds is 2. The second kappa shape index (κ2) is 9.98. The van der Waals surface area contributed by atoms with E-state index in [9.17, 15) is 0 Å². The lowest BCUT2D eigenvalue weighted by Crippen LogP contribution is -1.91. The SMILES string of the molecule is c1ccc2cc(-c3c4ccccc4c(-c4ccc5sc6c(ccc7c6ccc6sc8ccccc8c67)c5c4)c4ccccc34)ccc2c1. The topological polar surface area (TPSA) is 0 Å². The molecule has 0 atom stereocenters. The van der Waals surface area contributed by atoms with Gasteiger partial charge in [0.15, 0.2) is 0 Å². The number of hydrogen-bond donors (Lipinski definition) is 0. The lowest BCUT2D eigenvalue weighted by molar-refractivity contribution is 1.69. The first-order valence-corrected chi connectivity index (χ1v) is 18.1. The van der Waals surface area contributed by atoms with Gasteiger partial charge < -0.3 is 0 Å². The molecule has 0 amide bonds. The van der Waals surface area contributed by atoms with Gasteiger partial charge in [-0.25, -0.2) is 0 Å². The van der Waals surface area contributed by atoms with Crippen molar-refractivity contribution in [3.05, 3.63) is 158 Å². The standard InChI is InChI=1S/C46H26S2/c1-2-10-28-25-29(18-17-27(28)9-1)43-31-11-3-5-13-33(31)44(34-14-6-4-12-32(34)43)30-19-23-41-39(26-30)37-21-20-35-36(46(37)48-41)22-24-42-45(35)38-15-7-8-16-40(38)47-42/h1-26H. The van der Waals surface area contributed by atoms with Gasteiger partial charge in [0.05, 0.1) is 0 Å². The first-order valence-electron chi connectivity index (χ1n) is 16.4. The lowest BCUT2D eigenvalue weighted by Gasteiger charge is -2.18. The van der Waals surface area contributed by atoms with E-state index in [2.05, 4.69) is 158 Å². The van der Waals surface area contributed by atoms with E-state index in [-0.39, 0.29) is 0 Å². The number of fused-ring (bicyclic) bond motifs is 12. The Kier molecular flexibility index (Phi) is 5.51. The van der Waals surface area contributed by atoms with E-state index in [1.165, 1.54) is 106 Å².